The second-order valence-corrected chi connectivity index (χ2v) is 6.57. The van der Waals surface area contributed by atoms with Crippen LogP contribution in [0.4, 0.5) is 9.18 Å². The van der Waals surface area contributed by atoms with Crippen molar-refractivity contribution >= 4 is 17.8 Å². The largest absolute Gasteiger partial charge is 0.512 e. The van der Waals surface area contributed by atoms with Gasteiger partial charge in [0, 0.05) is 23.3 Å². The molecule has 1 heterocycles. The van der Waals surface area contributed by atoms with Crippen molar-refractivity contribution in [1.82, 2.24) is 9.78 Å². The van der Waals surface area contributed by atoms with Crippen molar-refractivity contribution < 1.29 is 23.8 Å². The molecule has 8 heteroatoms. The molecule has 0 aliphatic heterocycles. The number of carboxylic acid groups (broad SMARTS) is 1. The Morgan fingerprint density at radius 1 is 1.21 bits per heavy atom. The molecule has 146 valence electrons. The van der Waals surface area contributed by atoms with Crippen LogP contribution in [0.15, 0.2) is 48.5 Å². The van der Waals surface area contributed by atoms with Crippen molar-refractivity contribution in [2.24, 2.45) is 0 Å². The van der Waals surface area contributed by atoms with Gasteiger partial charge in [-0.1, -0.05) is 23.7 Å². The molecule has 0 radical (unpaired) electrons. The van der Waals surface area contributed by atoms with Crippen LogP contribution in [0.25, 0.3) is 0 Å². The summed E-state index contributed by atoms with van der Waals surface area (Å²) in [6.45, 7) is 2.60. The number of carbonyl (C=O) groups is 1. The Labute approximate surface area is 166 Å². The van der Waals surface area contributed by atoms with Gasteiger partial charge in [0.05, 0.1) is 0 Å². The van der Waals surface area contributed by atoms with Crippen LogP contribution in [0.2, 0.25) is 5.02 Å². The number of ether oxygens (including phenoxy) is 2. The molecule has 28 heavy (non-hydrogen) atoms. The van der Waals surface area contributed by atoms with Gasteiger partial charge in [-0.05, 0) is 54.8 Å². The van der Waals surface area contributed by atoms with Gasteiger partial charge < -0.3 is 14.6 Å². The molecule has 0 aliphatic rings. The first-order valence-corrected chi connectivity index (χ1v) is 8.89. The van der Waals surface area contributed by atoms with Crippen molar-refractivity contribution in [2.75, 3.05) is 0 Å². The fourth-order valence-electron chi connectivity index (χ4n) is 2.70. The molecule has 3 rings (SSSR count). The molecule has 0 spiro atoms. The van der Waals surface area contributed by atoms with Gasteiger partial charge in [-0.15, -0.1) is 5.10 Å². The van der Waals surface area contributed by atoms with Gasteiger partial charge in [0.15, 0.2) is 0 Å². The zero-order chi connectivity index (χ0) is 20.1. The molecule has 0 aliphatic carbocycles. The molecule has 0 atom stereocenters. The number of aryl methyl sites for hydroxylation is 3. The molecule has 1 aromatic heterocycles. The van der Waals surface area contributed by atoms with Crippen LogP contribution in [0.5, 0.6) is 11.6 Å². The molecule has 0 saturated carbocycles. The second kappa shape index (κ2) is 8.75. The summed E-state index contributed by atoms with van der Waals surface area (Å²) in [5, 5.41) is 13.4. The monoisotopic (exact) mass is 404 g/mol. The Morgan fingerprint density at radius 2 is 1.96 bits per heavy atom. The highest BCUT2D eigenvalue weighted by molar-refractivity contribution is 6.30. The Kier molecular flexibility index (Phi) is 6.16. The third-order valence-corrected chi connectivity index (χ3v) is 4.31. The van der Waals surface area contributed by atoms with E-state index in [1.54, 1.807) is 35.0 Å². The van der Waals surface area contributed by atoms with Crippen molar-refractivity contribution in [2.45, 2.75) is 26.5 Å². The summed E-state index contributed by atoms with van der Waals surface area (Å²) in [5.74, 6) is 0.404. The Bertz CT molecular complexity index is 973. The first kappa shape index (κ1) is 19.7. The highest BCUT2D eigenvalue weighted by Gasteiger charge is 2.11. The number of nitrogens with zero attached hydrogens (tertiary/aromatic N) is 2. The fraction of sp³-hybridized carbons (Fsp3) is 0.200. The molecule has 6 nitrogen and oxygen atoms in total. The number of rotatable bonds is 7. The first-order chi connectivity index (χ1) is 13.4. The van der Waals surface area contributed by atoms with Crippen LogP contribution in [-0.2, 0) is 19.6 Å². The van der Waals surface area contributed by atoms with Crippen molar-refractivity contribution in [1.29, 1.82) is 0 Å². The molecular formula is C20H18ClFN2O4. The normalized spacial score (nSPS) is 10.7. The molecule has 1 N–H and O–H groups in total. The minimum atomic E-state index is -1.41. The van der Waals surface area contributed by atoms with E-state index in [4.69, 9.17) is 21.4 Å². The van der Waals surface area contributed by atoms with Gasteiger partial charge in [0.2, 0.25) is 5.88 Å². The molecule has 0 bridgehead atoms. The summed E-state index contributed by atoms with van der Waals surface area (Å²) in [6.07, 6.45) is -0.843. The standard InChI is InChI=1S/C20H18ClFN2O4/c1-13-10-19(28-20(25)26)23-24(13)9-8-15-11-16(21)4-7-18(15)27-12-14-2-5-17(22)6-3-14/h2-7,10-11H,8-9,12H2,1H3,(H,25,26). The van der Waals surface area contributed by atoms with E-state index in [9.17, 15) is 9.18 Å². The summed E-state index contributed by atoms with van der Waals surface area (Å²) >= 11 is 6.12. The van der Waals surface area contributed by atoms with Gasteiger partial charge in [0.25, 0.3) is 0 Å². The van der Waals surface area contributed by atoms with E-state index in [0.29, 0.717) is 30.3 Å². The molecule has 2 aromatic carbocycles. The quantitative estimate of drug-likeness (QED) is 0.569. The van der Waals surface area contributed by atoms with Crippen molar-refractivity contribution in [3.05, 3.63) is 76.2 Å². The Hall–Kier alpha value is -3.06. The number of halogens is 2. The number of hydrogen-bond donors (Lipinski definition) is 1. The van der Waals surface area contributed by atoms with E-state index in [1.165, 1.54) is 12.1 Å². The topological polar surface area (TPSA) is 73.6 Å². The summed E-state index contributed by atoms with van der Waals surface area (Å²) in [5.41, 5.74) is 2.50. The molecule has 0 unspecified atom stereocenters. The summed E-state index contributed by atoms with van der Waals surface area (Å²) < 4.78 is 25.1. The third kappa shape index (κ3) is 5.23. The maximum Gasteiger partial charge on any atom is 0.512 e. The lowest BCUT2D eigenvalue weighted by Gasteiger charge is -2.13. The lowest BCUT2D eigenvalue weighted by molar-refractivity contribution is 0.142. The first-order valence-electron chi connectivity index (χ1n) is 8.51. The summed E-state index contributed by atoms with van der Waals surface area (Å²) in [6, 6.07) is 13.0. The number of aromatic nitrogens is 2. The lowest BCUT2D eigenvalue weighted by Crippen LogP contribution is -2.08. The molecule has 3 aromatic rings. The summed E-state index contributed by atoms with van der Waals surface area (Å²) in [4.78, 5) is 10.6. The Balaban J connectivity index is 1.69. The zero-order valence-electron chi connectivity index (χ0n) is 15.1. The SMILES string of the molecule is Cc1cc(OC(=O)O)nn1CCc1cc(Cl)ccc1OCc1ccc(F)cc1. The van der Waals surface area contributed by atoms with E-state index in [1.807, 2.05) is 13.0 Å². The third-order valence-electron chi connectivity index (χ3n) is 4.07. The van der Waals surface area contributed by atoms with Gasteiger partial charge in [0.1, 0.15) is 18.2 Å². The molecule has 0 amide bonds. The highest BCUT2D eigenvalue weighted by atomic mass is 35.5. The van der Waals surface area contributed by atoms with E-state index in [2.05, 4.69) is 9.84 Å². The van der Waals surface area contributed by atoms with E-state index in [-0.39, 0.29) is 11.7 Å². The number of hydrogen-bond acceptors (Lipinski definition) is 4. The zero-order valence-corrected chi connectivity index (χ0v) is 15.8. The minimum absolute atomic E-state index is 0.0314. The average Bonchev–Trinajstić information content (AvgIpc) is 2.99. The van der Waals surface area contributed by atoms with Gasteiger partial charge in [-0.25, -0.2) is 9.18 Å². The minimum Gasteiger partial charge on any atom is -0.489 e. The highest BCUT2D eigenvalue weighted by Crippen LogP contribution is 2.25. The maximum absolute atomic E-state index is 13.0. The lowest BCUT2D eigenvalue weighted by atomic mass is 10.1. The predicted octanol–water partition coefficient (Wildman–Crippen LogP) is 4.86. The second-order valence-electron chi connectivity index (χ2n) is 6.13. The fourth-order valence-corrected chi connectivity index (χ4v) is 2.89. The van der Waals surface area contributed by atoms with E-state index in [0.717, 1.165) is 16.8 Å². The molecule has 0 saturated heterocycles. The number of benzene rings is 2. The van der Waals surface area contributed by atoms with Gasteiger partial charge >= 0.3 is 6.16 Å². The van der Waals surface area contributed by atoms with Crippen LogP contribution >= 0.6 is 11.6 Å². The maximum atomic E-state index is 13.0. The van der Waals surface area contributed by atoms with Crippen LogP contribution < -0.4 is 9.47 Å². The van der Waals surface area contributed by atoms with Crippen LogP contribution in [-0.4, -0.2) is 21.0 Å². The van der Waals surface area contributed by atoms with E-state index >= 15 is 0 Å². The molecule has 0 fully saturated rings. The average molecular weight is 405 g/mol. The van der Waals surface area contributed by atoms with Crippen LogP contribution in [0, 0.1) is 12.7 Å². The van der Waals surface area contributed by atoms with Crippen molar-refractivity contribution in [3.63, 3.8) is 0 Å². The van der Waals surface area contributed by atoms with Crippen LogP contribution in [0.1, 0.15) is 16.8 Å². The smallest absolute Gasteiger partial charge is 0.489 e. The van der Waals surface area contributed by atoms with Gasteiger partial charge in [-0.2, -0.15) is 0 Å². The van der Waals surface area contributed by atoms with Crippen LogP contribution in [0.3, 0.4) is 0 Å². The van der Waals surface area contributed by atoms with E-state index < -0.39 is 6.16 Å². The van der Waals surface area contributed by atoms with Gasteiger partial charge in [-0.3, -0.25) is 4.68 Å². The molecular weight excluding hydrogens is 387 g/mol. The summed E-state index contributed by atoms with van der Waals surface area (Å²) in [7, 11) is 0. The van der Waals surface area contributed by atoms with Crippen molar-refractivity contribution in [3.8, 4) is 11.6 Å². The Morgan fingerprint density at radius 3 is 2.68 bits per heavy atom. The predicted molar refractivity (Wildman–Crippen MR) is 102 cm³/mol.